The predicted molar refractivity (Wildman–Crippen MR) is 258 cm³/mol. The first-order valence-corrected chi connectivity index (χ1v) is 22.1. The number of hydrogen-bond acceptors (Lipinski definition) is 5. The molecule has 0 saturated carbocycles. The minimum Gasteiger partial charge on any atom is -0.228 e. The molecule has 304 valence electrons. The van der Waals surface area contributed by atoms with Crippen LogP contribution in [0.25, 0.3) is 73.5 Å². The summed E-state index contributed by atoms with van der Waals surface area (Å²) in [5.74, 6) is 2.57. The van der Waals surface area contributed by atoms with Gasteiger partial charge in [0.25, 0.3) is 0 Å². The first kappa shape index (κ1) is 37.8. The first-order valence-electron chi connectivity index (χ1n) is 22.1. The third-order valence-electron chi connectivity index (χ3n) is 13.5. The Morgan fingerprint density at radius 3 is 1.53 bits per heavy atom. The van der Waals surface area contributed by atoms with Crippen LogP contribution in [0.3, 0.4) is 0 Å². The van der Waals surface area contributed by atoms with Crippen molar-refractivity contribution in [1.82, 2.24) is 24.9 Å². The Balaban J connectivity index is 1.17. The number of hydrogen-bond donors (Lipinski definition) is 0. The van der Waals surface area contributed by atoms with E-state index < -0.39 is 5.41 Å². The van der Waals surface area contributed by atoms with E-state index in [4.69, 9.17) is 24.9 Å². The molecule has 0 unspecified atom stereocenters. The van der Waals surface area contributed by atoms with Crippen molar-refractivity contribution in [2.45, 2.75) is 37.5 Å². The summed E-state index contributed by atoms with van der Waals surface area (Å²) in [6, 6.07) is 64.8. The van der Waals surface area contributed by atoms with Crippen molar-refractivity contribution in [3.8, 4) is 67.9 Å². The van der Waals surface area contributed by atoms with Gasteiger partial charge in [-0.05, 0) is 75.1 Å². The molecule has 5 heteroatoms. The molecule has 3 aliphatic rings. The van der Waals surface area contributed by atoms with E-state index in [1.807, 2.05) is 42.5 Å². The van der Waals surface area contributed by atoms with Crippen molar-refractivity contribution in [3.05, 3.63) is 239 Å². The van der Waals surface area contributed by atoms with Gasteiger partial charge in [-0.3, -0.25) is 0 Å². The topological polar surface area (TPSA) is 64.5 Å². The third kappa shape index (κ3) is 5.88. The second-order valence-corrected chi connectivity index (χ2v) is 17.5. The molecule has 0 saturated heterocycles. The summed E-state index contributed by atoms with van der Waals surface area (Å²) in [6.07, 6.45) is 8.48. The Morgan fingerprint density at radius 1 is 0.391 bits per heavy atom. The molecule has 0 bridgehead atoms. The van der Waals surface area contributed by atoms with Crippen molar-refractivity contribution in [2.24, 2.45) is 0 Å². The summed E-state index contributed by atoms with van der Waals surface area (Å²) >= 11 is 0. The lowest BCUT2D eigenvalue weighted by Gasteiger charge is -2.46. The highest BCUT2D eigenvalue weighted by molar-refractivity contribution is 5.97. The number of allylic oxidation sites excluding steroid dienone is 4. The second kappa shape index (κ2) is 14.9. The van der Waals surface area contributed by atoms with Gasteiger partial charge < -0.3 is 0 Å². The molecule has 1 spiro atoms. The molecule has 0 atom stereocenters. The van der Waals surface area contributed by atoms with E-state index in [1.165, 1.54) is 39.0 Å². The van der Waals surface area contributed by atoms with E-state index >= 15 is 0 Å². The van der Waals surface area contributed by atoms with Gasteiger partial charge in [0.2, 0.25) is 0 Å². The van der Waals surface area contributed by atoms with E-state index in [-0.39, 0.29) is 5.41 Å². The van der Waals surface area contributed by atoms with Crippen molar-refractivity contribution in [3.63, 3.8) is 0 Å². The summed E-state index contributed by atoms with van der Waals surface area (Å²) < 4.78 is 0. The molecule has 0 amide bonds. The van der Waals surface area contributed by atoms with Gasteiger partial charge >= 0.3 is 0 Å². The fraction of sp³-hybridized carbons (Fsp3) is 0.102. The maximum atomic E-state index is 5.35. The highest BCUT2D eigenvalue weighted by Crippen LogP contribution is 2.63. The standard InChI is InChI=1S/C59H43N5/c1-58(2)46-29-15-17-31-48(46)59(49-32-18-16-30-47(49)58)45-35-34-42(56-60-51(38-20-7-3-8-21-38)37-52(61-56)39-22-9-4-10-23-39)36-44(45)53-43(28-19-33-50(53)59)57-63-54(40-24-11-5-12-25-40)62-55(64-57)41-26-13-6-14-27-41/h3-9,11-22,24-37H,10,23H2,1-2H3. The highest BCUT2D eigenvalue weighted by Gasteiger charge is 2.54. The molecule has 12 rings (SSSR count). The molecular weight excluding hydrogens is 779 g/mol. The normalized spacial score (nSPS) is 14.9. The SMILES string of the molecule is CC1(C)c2ccccc2C2(c3ccc(-c4nc(C5=CC=CCC5)cc(-c5ccccc5)n4)cc3-c3c(-c4nc(-c5ccccc5)nc(-c5ccccc5)n4)cccc32)c2ccccc21. The third-order valence-corrected chi connectivity index (χ3v) is 13.5. The van der Waals surface area contributed by atoms with Crippen LogP contribution in [0.4, 0.5) is 0 Å². The quantitative estimate of drug-likeness (QED) is 0.167. The fourth-order valence-corrected chi connectivity index (χ4v) is 10.5. The molecule has 0 fully saturated rings. The average Bonchev–Trinajstić information content (AvgIpc) is 3.67. The fourth-order valence-electron chi connectivity index (χ4n) is 10.5. The Morgan fingerprint density at radius 2 is 0.922 bits per heavy atom. The Labute approximate surface area is 373 Å². The van der Waals surface area contributed by atoms with Gasteiger partial charge in [-0.25, -0.2) is 24.9 Å². The van der Waals surface area contributed by atoms with E-state index in [9.17, 15) is 0 Å². The Bertz CT molecular complexity index is 3240. The van der Waals surface area contributed by atoms with Crippen LogP contribution in [0.2, 0.25) is 0 Å². The largest absolute Gasteiger partial charge is 0.228 e. The van der Waals surface area contributed by atoms with E-state index in [2.05, 4.69) is 172 Å². The van der Waals surface area contributed by atoms with E-state index in [0.717, 1.165) is 63.2 Å². The van der Waals surface area contributed by atoms with Gasteiger partial charge in [0.1, 0.15) is 0 Å². The number of aromatic nitrogens is 5. The van der Waals surface area contributed by atoms with Crippen LogP contribution in [0, 0.1) is 0 Å². The Hall–Kier alpha value is -7.89. The van der Waals surface area contributed by atoms with Crippen LogP contribution in [0.15, 0.2) is 200 Å². The lowest BCUT2D eigenvalue weighted by atomic mass is 9.55. The molecule has 0 N–H and O–H groups in total. The first-order chi connectivity index (χ1) is 31.5. The maximum absolute atomic E-state index is 5.35. The highest BCUT2D eigenvalue weighted by atomic mass is 15.0. The number of rotatable bonds is 6. The van der Waals surface area contributed by atoms with Crippen molar-refractivity contribution >= 4 is 5.57 Å². The van der Waals surface area contributed by atoms with Crippen LogP contribution < -0.4 is 0 Å². The monoisotopic (exact) mass is 821 g/mol. The molecule has 2 aromatic heterocycles. The van der Waals surface area contributed by atoms with Crippen LogP contribution in [0.5, 0.6) is 0 Å². The summed E-state index contributed by atoms with van der Waals surface area (Å²) in [5.41, 5.74) is 16.9. The summed E-state index contributed by atoms with van der Waals surface area (Å²) in [4.78, 5) is 26.4. The number of fused-ring (bicyclic) bond motifs is 9. The van der Waals surface area contributed by atoms with Crippen LogP contribution in [0.1, 0.15) is 65.8 Å². The van der Waals surface area contributed by atoms with Crippen LogP contribution >= 0.6 is 0 Å². The van der Waals surface area contributed by atoms with E-state index in [1.54, 1.807) is 0 Å². The lowest BCUT2D eigenvalue weighted by molar-refractivity contribution is 0.563. The Kier molecular flexibility index (Phi) is 8.80. The van der Waals surface area contributed by atoms with Gasteiger partial charge in [0.15, 0.2) is 23.3 Å². The van der Waals surface area contributed by atoms with Gasteiger partial charge in [-0.1, -0.05) is 202 Å². The molecule has 0 radical (unpaired) electrons. The summed E-state index contributed by atoms with van der Waals surface area (Å²) in [7, 11) is 0. The zero-order valence-electron chi connectivity index (χ0n) is 35.7. The molecular formula is C59H43N5. The van der Waals surface area contributed by atoms with Gasteiger partial charge in [0.05, 0.1) is 16.8 Å². The summed E-state index contributed by atoms with van der Waals surface area (Å²) in [5, 5.41) is 0. The molecule has 2 heterocycles. The minimum atomic E-state index is -0.628. The van der Waals surface area contributed by atoms with Gasteiger partial charge in [-0.2, -0.15) is 0 Å². The zero-order chi connectivity index (χ0) is 42.8. The maximum Gasteiger partial charge on any atom is 0.164 e. The van der Waals surface area contributed by atoms with Crippen LogP contribution in [-0.4, -0.2) is 24.9 Å². The minimum absolute atomic E-state index is 0.229. The van der Waals surface area contributed by atoms with Crippen molar-refractivity contribution in [1.29, 1.82) is 0 Å². The number of benzene rings is 7. The van der Waals surface area contributed by atoms with Crippen LogP contribution in [-0.2, 0) is 10.8 Å². The molecule has 9 aromatic rings. The predicted octanol–water partition coefficient (Wildman–Crippen LogP) is 13.7. The zero-order valence-corrected chi connectivity index (χ0v) is 35.7. The molecule has 0 aliphatic heterocycles. The molecule has 64 heavy (non-hydrogen) atoms. The van der Waals surface area contributed by atoms with Crippen molar-refractivity contribution < 1.29 is 0 Å². The molecule has 5 nitrogen and oxygen atoms in total. The smallest absolute Gasteiger partial charge is 0.164 e. The van der Waals surface area contributed by atoms with Gasteiger partial charge in [-0.15, -0.1) is 0 Å². The van der Waals surface area contributed by atoms with Gasteiger partial charge in [0, 0.05) is 33.2 Å². The number of nitrogens with zero attached hydrogens (tertiary/aromatic N) is 5. The van der Waals surface area contributed by atoms with Crippen molar-refractivity contribution in [2.75, 3.05) is 0 Å². The lowest BCUT2D eigenvalue weighted by Crippen LogP contribution is -2.40. The average molecular weight is 822 g/mol. The molecule has 7 aromatic carbocycles. The molecule has 3 aliphatic carbocycles. The van der Waals surface area contributed by atoms with E-state index in [0.29, 0.717) is 23.3 Å². The second-order valence-electron chi connectivity index (χ2n) is 17.5. The summed E-state index contributed by atoms with van der Waals surface area (Å²) in [6.45, 7) is 4.72.